The molecule has 1 aliphatic rings. The summed E-state index contributed by atoms with van der Waals surface area (Å²) in [5, 5.41) is 16.5. The molecule has 3 aromatic rings. The maximum Gasteiger partial charge on any atom is 0.304 e. The van der Waals surface area contributed by atoms with Gasteiger partial charge in [-0.3, -0.25) is 9.38 Å². The van der Waals surface area contributed by atoms with Crippen molar-refractivity contribution in [1.29, 1.82) is 5.26 Å². The van der Waals surface area contributed by atoms with Gasteiger partial charge in [-0.1, -0.05) is 24.3 Å². The number of hydrogen-bond acceptors (Lipinski definition) is 4. The normalized spacial score (nSPS) is 16.1. The molecule has 0 unspecified atom stereocenters. The first-order valence-electron chi connectivity index (χ1n) is 7.54. The molecule has 0 spiro atoms. The molecule has 0 amide bonds. The van der Waals surface area contributed by atoms with Crippen molar-refractivity contribution in [1.82, 2.24) is 19.6 Å². The van der Waals surface area contributed by atoms with Crippen molar-refractivity contribution in [2.24, 2.45) is 0 Å². The molecule has 2 aromatic heterocycles. The fourth-order valence-electron chi connectivity index (χ4n) is 2.80. The number of alkyl halides is 2. The van der Waals surface area contributed by atoms with Crippen molar-refractivity contribution >= 4 is 5.65 Å². The summed E-state index contributed by atoms with van der Waals surface area (Å²) in [6.45, 7) is 0.787. The Morgan fingerprint density at radius 2 is 1.92 bits per heavy atom. The molecule has 4 rings (SSSR count). The first-order valence-corrected chi connectivity index (χ1v) is 7.54. The lowest BCUT2D eigenvalue weighted by atomic mass is 9.96. The summed E-state index contributed by atoms with van der Waals surface area (Å²) in [5.74, 6) is -3.51. The minimum Gasteiger partial charge on any atom is -0.278 e. The van der Waals surface area contributed by atoms with E-state index < -0.39 is 11.7 Å². The number of nitrogens with zero attached hydrogens (tertiary/aromatic N) is 5. The number of rotatable bonds is 3. The lowest BCUT2D eigenvalue weighted by molar-refractivity contribution is 0.00668. The smallest absolute Gasteiger partial charge is 0.278 e. The number of nitriles is 1. The quantitative estimate of drug-likeness (QED) is 0.739. The molecule has 0 bridgehead atoms. The molecule has 120 valence electrons. The fraction of sp³-hybridized carbons (Fsp3) is 0.294. The predicted molar refractivity (Wildman–Crippen MR) is 82.3 cm³/mol. The van der Waals surface area contributed by atoms with Gasteiger partial charge in [-0.25, -0.2) is 0 Å². The molecule has 0 atom stereocenters. The van der Waals surface area contributed by atoms with Gasteiger partial charge in [0.05, 0.1) is 23.4 Å². The second-order valence-electron chi connectivity index (χ2n) is 6.18. The van der Waals surface area contributed by atoms with Crippen LogP contribution in [-0.2, 0) is 11.3 Å². The van der Waals surface area contributed by atoms with Crippen LogP contribution in [0.1, 0.15) is 31.2 Å². The van der Waals surface area contributed by atoms with Crippen molar-refractivity contribution in [2.75, 3.05) is 0 Å². The Bertz CT molecular complexity index is 959. The minimum atomic E-state index is -3.09. The van der Waals surface area contributed by atoms with Crippen molar-refractivity contribution in [3.05, 3.63) is 48.0 Å². The average molecular weight is 325 g/mol. The van der Waals surface area contributed by atoms with Crippen LogP contribution in [0.15, 0.2) is 36.7 Å². The van der Waals surface area contributed by atoms with E-state index in [2.05, 4.69) is 21.3 Å². The third kappa shape index (κ3) is 2.22. The number of benzene rings is 1. The van der Waals surface area contributed by atoms with Gasteiger partial charge in [-0.15, -0.1) is 10.2 Å². The SMILES string of the molecule is CC(F)(F)c1nnc2cnc(-c3ccc(C4(C#N)CC4)cc3)cn12. The van der Waals surface area contributed by atoms with Crippen LogP contribution >= 0.6 is 0 Å². The van der Waals surface area contributed by atoms with E-state index in [-0.39, 0.29) is 11.1 Å². The molecule has 7 heteroatoms. The number of hydrogen-bond donors (Lipinski definition) is 0. The van der Waals surface area contributed by atoms with E-state index in [0.29, 0.717) is 5.69 Å². The lowest BCUT2D eigenvalue weighted by Crippen LogP contribution is -2.12. The van der Waals surface area contributed by atoms with Crippen molar-refractivity contribution in [3.63, 3.8) is 0 Å². The first kappa shape index (κ1) is 14.7. The fourth-order valence-corrected chi connectivity index (χ4v) is 2.80. The van der Waals surface area contributed by atoms with Crippen molar-refractivity contribution in [2.45, 2.75) is 31.1 Å². The highest BCUT2D eigenvalue weighted by atomic mass is 19.3. The Hall–Kier alpha value is -2.88. The van der Waals surface area contributed by atoms with Gasteiger partial charge < -0.3 is 0 Å². The summed E-state index contributed by atoms with van der Waals surface area (Å²) in [6, 6.07) is 9.87. The summed E-state index contributed by atoms with van der Waals surface area (Å²) in [7, 11) is 0. The van der Waals surface area contributed by atoms with E-state index in [1.54, 1.807) is 0 Å². The third-order valence-electron chi connectivity index (χ3n) is 4.38. The molecule has 1 aliphatic carbocycles. The Labute approximate surface area is 136 Å². The molecule has 1 saturated carbocycles. The van der Waals surface area contributed by atoms with Crippen LogP contribution in [0.3, 0.4) is 0 Å². The van der Waals surface area contributed by atoms with Gasteiger partial charge in [0, 0.05) is 18.7 Å². The largest absolute Gasteiger partial charge is 0.304 e. The molecule has 0 radical (unpaired) electrons. The molecule has 5 nitrogen and oxygen atoms in total. The van der Waals surface area contributed by atoms with Gasteiger partial charge in [0.15, 0.2) is 5.65 Å². The molecule has 0 saturated heterocycles. The van der Waals surface area contributed by atoms with Crippen LogP contribution in [0.2, 0.25) is 0 Å². The Morgan fingerprint density at radius 3 is 2.50 bits per heavy atom. The monoisotopic (exact) mass is 325 g/mol. The summed E-state index contributed by atoms with van der Waals surface area (Å²) in [4.78, 5) is 4.27. The van der Waals surface area contributed by atoms with Gasteiger partial charge in [0.2, 0.25) is 5.82 Å². The van der Waals surface area contributed by atoms with Crippen LogP contribution in [-0.4, -0.2) is 19.6 Å². The highest BCUT2D eigenvalue weighted by molar-refractivity contribution is 5.61. The standard InChI is InChI=1S/C17H13F2N5/c1-16(18,19)15-23-22-14-8-21-13(9-24(14)15)11-2-4-12(5-3-11)17(10-20)6-7-17/h2-5,8-9H,6-7H2,1H3. The molecular weight excluding hydrogens is 312 g/mol. The lowest BCUT2D eigenvalue weighted by Gasteiger charge is -2.09. The maximum absolute atomic E-state index is 13.6. The van der Waals surface area contributed by atoms with Crippen LogP contribution < -0.4 is 0 Å². The second-order valence-corrected chi connectivity index (χ2v) is 6.18. The van der Waals surface area contributed by atoms with E-state index >= 15 is 0 Å². The molecule has 1 fully saturated rings. The number of aromatic nitrogens is 4. The van der Waals surface area contributed by atoms with E-state index in [1.165, 1.54) is 16.8 Å². The summed E-state index contributed by atoms with van der Waals surface area (Å²) in [6.07, 6.45) is 4.68. The maximum atomic E-state index is 13.6. The molecule has 2 heterocycles. The van der Waals surface area contributed by atoms with Crippen molar-refractivity contribution < 1.29 is 8.78 Å². The van der Waals surface area contributed by atoms with E-state index in [1.807, 2.05) is 24.3 Å². The Morgan fingerprint density at radius 1 is 1.21 bits per heavy atom. The van der Waals surface area contributed by atoms with Crippen LogP contribution in [0.4, 0.5) is 8.78 Å². The molecular formula is C17H13F2N5. The van der Waals surface area contributed by atoms with E-state index in [0.717, 1.165) is 30.9 Å². The van der Waals surface area contributed by atoms with Gasteiger partial charge in [-0.05, 0) is 18.4 Å². The minimum absolute atomic E-state index is 0.272. The Kier molecular flexibility index (Phi) is 2.94. The topological polar surface area (TPSA) is 66.9 Å². The van der Waals surface area contributed by atoms with E-state index in [4.69, 9.17) is 0 Å². The Balaban J connectivity index is 1.75. The van der Waals surface area contributed by atoms with E-state index in [9.17, 15) is 14.0 Å². The highest BCUT2D eigenvalue weighted by Gasteiger charge is 2.44. The molecule has 0 aliphatic heterocycles. The van der Waals surface area contributed by atoms with Gasteiger partial charge in [0.25, 0.3) is 0 Å². The number of halogens is 2. The average Bonchev–Trinajstić information content (AvgIpc) is 3.25. The first-order chi connectivity index (χ1) is 11.4. The zero-order chi connectivity index (χ0) is 16.9. The summed E-state index contributed by atoms with van der Waals surface area (Å²) in [5.41, 5.74) is 2.24. The molecule has 0 N–H and O–H groups in total. The summed E-state index contributed by atoms with van der Waals surface area (Å²) < 4.78 is 28.5. The number of fused-ring (bicyclic) bond motifs is 1. The van der Waals surface area contributed by atoms with Crippen LogP contribution in [0.25, 0.3) is 16.9 Å². The van der Waals surface area contributed by atoms with Gasteiger partial charge >= 0.3 is 5.92 Å². The highest BCUT2D eigenvalue weighted by Crippen LogP contribution is 2.47. The molecule has 1 aromatic carbocycles. The predicted octanol–water partition coefficient (Wildman–Crippen LogP) is 3.46. The summed E-state index contributed by atoms with van der Waals surface area (Å²) >= 11 is 0. The van der Waals surface area contributed by atoms with Crippen molar-refractivity contribution in [3.8, 4) is 17.3 Å². The molecule has 24 heavy (non-hydrogen) atoms. The van der Waals surface area contributed by atoms with Gasteiger partial charge in [-0.2, -0.15) is 14.0 Å². The van der Waals surface area contributed by atoms with Crippen LogP contribution in [0.5, 0.6) is 0 Å². The zero-order valence-corrected chi connectivity index (χ0v) is 12.9. The third-order valence-corrected chi connectivity index (χ3v) is 4.38. The van der Waals surface area contributed by atoms with Gasteiger partial charge in [0.1, 0.15) is 0 Å². The zero-order valence-electron chi connectivity index (χ0n) is 12.9. The van der Waals surface area contributed by atoms with Crippen LogP contribution in [0, 0.1) is 11.3 Å². The second kappa shape index (κ2) is 4.81.